The van der Waals surface area contributed by atoms with Gasteiger partial charge in [-0.1, -0.05) is 39.0 Å². The van der Waals surface area contributed by atoms with Crippen LogP contribution in [0.25, 0.3) is 4.96 Å². The van der Waals surface area contributed by atoms with Crippen molar-refractivity contribution in [2.24, 2.45) is 0 Å². The SMILES string of the molecule is CCCCCCCCc1cn2ccnc2s1. The molecule has 0 aliphatic carbocycles. The summed E-state index contributed by atoms with van der Waals surface area (Å²) in [7, 11) is 0. The Bertz CT molecular complexity index is 388. The topological polar surface area (TPSA) is 17.3 Å². The molecule has 88 valence electrons. The van der Waals surface area contributed by atoms with E-state index in [1.165, 1.54) is 49.8 Å². The van der Waals surface area contributed by atoms with Gasteiger partial charge >= 0.3 is 0 Å². The predicted molar refractivity (Wildman–Crippen MR) is 70.1 cm³/mol. The van der Waals surface area contributed by atoms with Crippen molar-refractivity contribution in [3.8, 4) is 0 Å². The lowest BCUT2D eigenvalue weighted by Gasteiger charge is -1.98. The first-order valence-corrected chi connectivity index (χ1v) is 7.13. The van der Waals surface area contributed by atoms with E-state index in [9.17, 15) is 0 Å². The highest BCUT2D eigenvalue weighted by atomic mass is 32.1. The van der Waals surface area contributed by atoms with Crippen molar-refractivity contribution in [1.82, 2.24) is 9.38 Å². The monoisotopic (exact) mass is 236 g/mol. The van der Waals surface area contributed by atoms with Crippen LogP contribution in [-0.2, 0) is 6.42 Å². The van der Waals surface area contributed by atoms with Gasteiger partial charge in [-0.3, -0.25) is 4.40 Å². The van der Waals surface area contributed by atoms with Crippen molar-refractivity contribution >= 4 is 16.3 Å². The molecular formula is C13H20N2S. The molecule has 0 saturated carbocycles. The van der Waals surface area contributed by atoms with Gasteiger partial charge in [-0.25, -0.2) is 4.98 Å². The van der Waals surface area contributed by atoms with Gasteiger partial charge in [0.25, 0.3) is 0 Å². The molecule has 0 aliphatic rings. The van der Waals surface area contributed by atoms with Gasteiger partial charge in [-0.15, -0.1) is 11.3 Å². The fourth-order valence-corrected chi connectivity index (χ4v) is 2.95. The molecule has 16 heavy (non-hydrogen) atoms. The van der Waals surface area contributed by atoms with Crippen LogP contribution in [0.15, 0.2) is 18.6 Å². The second kappa shape index (κ2) is 6.04. The number of hydrogen-bond acceptors (Lipinski definition) is 2. The highest BCUT2D eigenvalue weighted by Gasteiger charge is 2.01. The van der Waals surface area contributed by atoms with Crippen LogP contribution in [0.2, 0.25) is 0 Å². The summed E-state index contributed by atoms with van der Waals surface area (Å²) >= 11 is 1.82. The molecule has 2 aromatic rings. The third-order valence-corrected chi connectivity index (χ3v) is 3.99. The van der Waals surface area contributed by atoms with E-state index in [0.29, 0.717) is 0 Å². The van der Waals surface area contributed by atoms with Crippen molar-refractivity contribution in [2.75, 3.05) is 0 Å². The number of aryl methyl sites for hydroxylation is 1. The van der Waals surface area contributed by atoms with Crippen molar-refractivity contribution in [3.05, 3.63) is 23.5 Å². The highest BCUT2D eigenvalue weighted by molar-refractivity contribution is 7.17. The molecule has 2 nitrogen and oxygen atoms in total. The van der Waals surface area contributed by atoms with E-state index >= 15 is 0 Å². The van der Waals surface area contributed by atoms with E-state index in [1.807, 2.05) is 23.7 Å². The molecule has 0 aliphatic heterocycles. The third-order valence-electron chi connectivity index (χ3n) is 2.92. The summed E-state index contributed by atoms with van der Waals surface area (Å²) in [5.74, 6) is 0. The number of hydrogen-bond donors (Lipinski definition) is 0. The fraction of sp³-hybridized carbons (Fsp3) is 0.615. The lowest BCUT2D eigenvalue weighted by Crippen LogP contribution is -1.83. The highest BCUT2D eigenvalue weighted by Crippen LogP contribution is 2.18. The van der Waals surface area contributed by atoms with Gasteiger partial charge in [0.15, 0.2) is 4.96 Å². The van der Waals surface area contributed by atoms with Crippen LogP contribution in [0.1, 0.15) is 50.3 Å². The summed E-state index contributed by atoms with van der Waals surface area (Å²) in [6, 6.07) is 0. The molecule has 3 heteroatoms. The molecule has 0 radical (unpaired) electrons. The van der Waals surface area contributed by atoms with Crippen LogP contribution in [0.3, 0.4) is 0 Å². The number of imidazole rings is 1. The minimum Gasteiger partial charge on any atom is -0.297 e. The molecule has 0 spiro atoms. The van der Waals surface area contributed by atoms with Crippen LogP contribution in [-0.4, -0.2) is 9.38 Å². The zero-order valence-corrected chi connectivity index (χ0v) is 10.8. The average Bonchev–Trinajstić information content (AvgIpc) is 2.83. The molecule has 0 fully saturated rings. The molecule has 0 aromatic carbocycles. The molecule has 0 bridgehead atoms. The zero-order valence-electron chi connectivity index (χ0n) is 9.98. The Hall–Kier alpha value is -0.830. The Balaban J connectivity index is 1.68. The summed E-state index contributed by atoms with van der Waals surface area (Å²) in [5.41, 5.74) is 0. The van der Waals surface area contributed by atoms with E-state index in [-0.39, 0.29) is 0 Å². The smallest absolute Gasteiger partial charge is 0.193 e. The van der Waals surface area contributed by atoms with Crippen molar-refractivity contribution < 1.29 is 0 Å². The zero-order chi connectivity index (χ0) is 11.2. The van der Waals surface area contributed by atoms with Crippen molar-refractivity contribution in [2.45, 2.75) is 51.9 Å². The van der Waals surface area contributed by atoms with Crippen molar-refractivity contribution in [3.63, 3.8) is 0 Å². The molecule has 0 N–H and O–H groups in total. The maximum absolute atomic E-state index is 4.29. The fourth-order valence-electron chi connectivity index (χ4n) is 1.97. The second-order valence-electron chi connectivity index (χ2n) is 4.33. The van der Waals surface area contributed by atoms with E-state index in [2.05, 4.69) is 22.5 Å². The minimum atomic E-state index is 1.13. The number of aromatic nitrogens is 2. The van der Waals surface area contributed by atoms with Crippen LogP contribution >= 0.6 is 11.3 Å². The Kier molecular flexibility index (Phi) is 4.40. The molecule has 0 amide bonds. The number of fused-ring (bicyclic) bond motifs is 1. The summed E-state index contributed by atoms with van der Waals surface area (Å²) in [6.45, 7) is 2.27. The Morgan fingerprint density at radius 3 is 2.81 bits per heavy atom. The van der Waals surface area contributed by atoms with Crippen LogP contribution in [0, 0.1) is 0 Å². The van der Waals surface area contributed by atoms with Gasteiger partial charge in [-0.05, 0) is 12.8 Å². The number of rotatable bonds is 7. The summed E-state index contributed by atoms with van der Waals surface area (Å²) in [4.78, 5) is 6.89. The Morgan fingerprint density at radius 2 is 2.00 bits per heavy atom. The predicted octanol–water partition coefficient (Wildman–Crippen LogP) is 4.30. The summed E-state index contributed by atoms with van der Waals surface area (Å²) < 4.78 is 2.12. The first-order valence-electron chi connectivity index (χ1n) is 6.31. The molecular weight excluding hydrogens is 216 g/mol. The number of thiazole rings is 1. The Morgan fingerprint density at radius 1 is 1.19 bits per heavy atom. The maximum Gasteiger partial charge on any atom is 0.193 e. The molecule has 0 atom stereocenters. The van der Waals surface area contributed by atoms with Gasteiger partial charge in [0.2, 0.25) is 0 Å². The quantitative estimate of drug-likeness (QED) is 0.655. The molecule has 2 aromatic heterocycles. The summed E-state index contributed by atoms with van der Waals surface area (Å²) in [6.07, 6.45) is 15.6. The Labute approximate surface area is 101 Å². The average molecular weight is 236 g/mol. The van der Waals surface area contributed by atoms with E-state index < -0.39 is 0 Å². The van der Waals surface area contributed by atoms with E-state index in [0.717, 1.165) is 4.96 Å². The standard InChI is InChI=1S/C13H20N2S/c1-2-3-4-5-6-7-8-12-11-15-10-9-14-13(15)16-12/h9-11H,2-8H2,1H3. The van der Waals surface area contributed by atoms with Gasteiger partial charge in [-0.2, -0.15) is 0 Å². The number of nitrogens with zero attached hydrogens (tertiary/aromatic N) is 2. The molecule has 0 unspecified atom stereocenters. The molecule has 2 rings (SSSR count). The van der Waals surface area contributed by atoms with Crippen molar-refractivity contribution in [1.29, 1.82) is 0 Å². The first-order chi connectivity index (χ1) is 7.90. The normalized spacial score (nSPS) is 11.3. The second-order valence-corrected chi connectivity index (χ2v) is 5.43. The van der Waals surface area contributed by atoms with Crippen LogP contribution in [0.4, 0.5) is 0 Å². The molecule has 0 saturated heterocycles. The lowest BCUT2D eigenvalue weighted by atomic mass is 10.1. The maximum atomic E-state index is 4.29. The summed E-state index contributed by atoms with van der Waals surface area (Å²) in [5, 5.41) is 0. The van der Waals surface area contributed by atoms with Crippen LogP contribution < -0.4 is 0 Å². The van der Waals surface area contributed by atoms with Gasteiger partial charge in [0, 0.05) is 23.5 Å². The third kappa shape index (κ3) is 3.08. The van der Waals surface area contributed by atoms with Crippen LogP contribution in [0.5, 0.6) is 0 Å². The largest absolute Gasteiger partial charge is 0.297 e. The van der Waals surface area contributed by atoms with E-state index in [4.69, 9.17) is 0 Å². The van der Waals surface area contributed by atoms with Gasteiger partial charge < -0.3 is 0 Å². The first kappa shape index (κ1) is 11.6. The molecule has 2 heterocycles. The minimum absolute atomic E-state index is 1.13. The van der Waals surface area contributed by atoms with E-state index in [1.54, 1.807) is 0 Å². The lowest BCUT2D eigenvalue weighted by molar-refractivity contribution is 0.609. The van der Waals surface area contributed by atoms with Gasteiger partial charge in [0.1, 0.15) is 0 Å². The van der Waals surface area contributed by atoms with Gasteiger partial charge in [0.05, 0.1) is 0 Å². The number of unbranched alkanes of at least 4 members (excludes halogenated alkanes) is 5.